The number of nitrogens with one attached hydrogen (secondary N) is 1. The van der Waals surface area contributed by atoms with Gasteiger partial charge in [-0.1, -0.05) is 37.1 Å². The van der Waals surface area contributed by atoms with E-state index in [1.165, 1.54) is 43.4 Å². The number of rotatable bonds is 3. The summed E-state index contributed by atoms with van der Waals surface area (Å²) in [6.45, 7) is 0.858. The Morgan fingerprint density at radius 3 is 3.00 bits per heavy atom. The number of hydrogen-bond donors (Lipinski definition) is 1. The largest absolute Gasteiger partial charge is 0.359 e. The van der Waals surface area contributed by atoms with Gasteiger partial charge in [-0.25, -0.2) is 0 Å². The summed E-state index contributed by atoms with van der Waals surface area (Å²) in [7, 11) is 0. The highest BCUT2D eigenvalue weighted by Crippen LogP contribution is 2.36. The molecule has 0 bridgehead atoms. The molecule has 1 aliphatic carbocycles. The minimum atomic E-state index is 0.371. The molecule has 4 heteroatoms. The van der Waals surface area contributed by atoms with Crippen LogP contribution in [0, 0.1) is 0 Å². The van der Waals surface area contributed by atoms with Crippen molar-refractivity contribution >= 4 is 16.9 Å². The SMILES string of the molecule is c1cncc(CCN=C2NC3(CCCCC3)CS2)c1. The summed E-state index contributed by atoms with van der Waals surface area (Å²) in [5.41, 5.74) is 1.64. The number of amidine groups is 1. The number of thioether (sulfide) groups is 1. The predicted octanol–water partition coefficient (Wildman–Crippen LogP) is 3.02. The van der Waals surface area contributed by atoms with Gasteiger partial charge >= 0.3 is 0 Å². The van der Waals surface area contributed by atoms with Gasteiger partial charge in [0.2, 0.25) is 0 Å². The van der Waals surface area contributed by atoms with Crippen LogP contribution in [0.5, 0.6) is 0 Å². The third-order valence-corrected chi connectivity index (χ3v) is 5.25. The molecule has 1 saturated carbocycles. The fraction of sp³-hybridized carbons (Fsp3) is 0.600. The summed E-state index contributed by atoms with van der Waals surface area (Å²) in [5.74, 6) is 1.21. The van der Waals surface area contributed by atoms with E-state index in [0.29, 0.717) is 5.54 Å². The molecular formula is C15H21N3S. The number of nitrogens with zero attached hydrogens (tertiary/aromatic N) is 2. The predicted molar refractivity (Wildman–Crippen MR) is 81.7 cm³/mol. The molecule has 0 aromatic carbocycles. The molecule has 1 saturated heterocycles. The Kier molecular flexibility index (Phi) is 4.06. The molecule has 2 aliphatic rings. The van der Waals surface area contributed by atoms with Gasteiger partial charge in [-0.15, -0.1) is 0 Å². The van der Waals surface area contributed by atoms with Crippen LogP contribution in [0.4, 0.5) is 0 Å². The molecule has 3 rings (SSSR count). The van der Waals surface area contributed by atoms with E-state index >= 15 is 0 Å². The van der Waals surface area contributed by atoms with E-state index in [-0.39, 0.29) is 0 Å². The normalized spacial score (nSPS) is 23.7. The number of hydrogen-bond acceptors (Lipinski definition) is 3. The van der Waals surface area contributed by atoms with Crippen LogP contribution in [0.25, 0.3) is 0 Å². The van der Waals surface area contributed by atoms with Gasteiger partial charge in [-0.3, -0.25) is 9.98 Å². The van der Waals surface area contributed by atoms with Crippen LogP contribution < -0.4 is 5.32 Å². The molecule has 1 aromatic rings. The Bertz CT molecular complexity index is 438. The smallest absolute Gasteiger partial charge is 0.157 e. The van der Waals surface area contributed by atoms with Crippen molar-refractivity contribution in [2.75, 3.05) is 12.3 Å². The second-order valence-corrected chi connectivity index (χ2v) is 6.52. The zero-order chi connectivity index (χ0) is 13.0. The van der Waals surface area contributed by atoms with Gasteiger partial charge in [0.25, 0.3) is 0 Å². The van der Waals surface area contributed by atoms with Gasteiger partial charge in [0.15, 0.2) is 5.17 Å². The van der Waals surface area contributed by atoms with Crippen molar-refractivity contribution in [2.45, 2.75) is 44.1 Å². The molecule has 0 amide bonds. The molecule has 2 heterocycles. The van der Waals surface area contributed by atoms with Crippen LogP contribution in [0.2, 0.25) is 0 Å². The van der Waals surface area contributed by atoms with Crippen molar-refractivity contribution in [1.82, 2.24) is 10.3 Å². The fourth-order valence-corrected chi connectivity index (χ4v) is 4.17. The third-order valence-electron chi connectivity index (χ3n) is 4.05. The van der Waals surface area contributed by atoms with E-state index in [1.807, 2.05) is 30.2 Å². The Hall–Kier alpha value is -1.03. The van der Waals surface area contributed by atoms with E-state index in [1.54, 1.807) is 0 Å². The summed E-state index contributed by atoms with van der Waals surface area (Å²) in [5, 5.41) is 4.85. The summed E-state index contributed by atoms with van der Waals surface area (Å²) in [4.78, 5) is 8.84. The van der Waals surface area contributed by atoms with E-state index in [2.05, 4.69) is 16.4 Å². The summed E-state index contributed by atoms with van der Waals surface area (Å²) >= 11 is 1.91. The standard InChI is InChI=1S/C15H21N3S/c1-2-7-15(8-3-1)12-19-14(18-15)17-10-6-13-5-4-9-16-11-13/h4-5,9,11H,1-3,6-8,10,12H2,(H,17,18). The topological polar surface area (TPSA) is 37.3 Å². The Labute approximate surface area is 119 Å². The summed E-state index contributed by atoms with van der Waals surface area (Å²) in [6.07, 6.45) is 11.5. The van der Waals surface area contributed by atoms with E-state index < -0.39 is 0 Å². The quantitative estimate of drug-likeness (QED) is 0.921. The zero-order valence-corrected chi connectivity index (χ0v) is 12.1. The molecule has 19 heavy (non-hydrogen) atoms. The third kappa shape index (κ3) is 3.30. The molecule has 102 valence electrons. The van der Waals surface area contributed by atoms with E-state index in [4.69, 9.17) is 4.99 Å². The van der Waals surface area contributed by atoms with E-state index in [0.717, 1.165) is 18.1 Å². The van der Waals surface area contributed by atoms with Gasteiger partial charge in [-0.2, -0.15) is 0 Å². The lowest BCUT2D eigenvalue weighted by Crippen LogP contribution is -2.45. The first-order chi connectivity index (χ1) is 9.36. The monoisotopic (exact) mass is 275 g/mol. The molecule has 0 unspecified atom stereocenters. The lowest BCUT2D eigenvalue weighted by molar-refractivity contribution is 0.303. The average Bonchev–Trinajstić information content (AvgIpc) is 2.84. The van der Waals surface area contributed by atoms with Crippen LogP contribution in [0.1, 0.15) is 37.7 Å². The fourth-order valence-electron chi connectivity index (χ4n) is 2.92. The van der Waals surface area contributed by atoms with Crippen molar-refractivity contribution in [3.63, 3.8) is 0 Å². The maximum Gasteiger partial charge on any atom is 0.157 e. The molecule has 0 radical (unpaired) electrons. The highest BCUT2D eigenvalue weighted by molar-refractivity contribution is 8.14. The minimum Gasteiger partial charge on any atom is -0.359 e. The molecule has 3 nitrogen and oxygen atoms in total. The first-order valence-electron chi connectivity index (χ1n) is 7.21. The molecule has 0 atom stereocenters. The molecule has 1 aliphatic heterocycles. The number of aliphatic imine (C=N–C) groups is 1. The molecular weight excluding hydrogens is 254 g/mol. The molecule has 1 N–H and O–H groups in total. The Morgan fingerprint density at radius 1 is 1.32 bits per heavy atom. The highest BCUT2D eigenvalue weighted by atomic mass is 32.2. The summed E-state index contributed by atoms with van der Waals surface area (Å²) < 4.78 is 0. The maximum absolute atomic E-state index is 4.71. The highest BCUT2D eigenvalue weighted by Gasteiger charge is 2.37. The first kappa shape index (κ1) is 13.0. The first-order valence-corrected chi connectivity index (χ1v) is 8.19. The van der Waals surface area contributed by atoms with Crippen LogP contribution in [-0.2, 0) is 6.42 Å². The van der Waals surface area contributed by atoms with E-state index in [9.17, 15) is 0 Å². The maximum atomic E-state index is 4.71. The zero-order valence-electron chi connectivity index (χ0n) is 11.3. The lowest BCUT2D eigenvalue weighted by atomic mass is 9.83. The van der Waals surface area contributed by atoms with Crippen LogP contribution in [0.15, 0.2) is 29.5 Å². The molecule has 2 fully saturated rings. The van der Waals surface area contributed by atoms with Gasteiger partial charge in [0.05, 0.1) is 0 Å². The Balaban J connectivity index is 1.52. The second kappa shape index (κ2) is 5.95. The van der Waals surface area contributed by atoms with Gasteiger partial charge in [0, 0.05) is 30.2 Å². The van der Waals surface area contributed by atoms with Crippen LogP contribution in [0.3, 0.4) is 0 Å². The second-order valence-electron chi connectivity index (χ2n) is 5.55. The molecule has 1 aromatic heterocycles. The van der Waals surface area contributed by atoms with Crippen molar-refractivity contribution in [1.29, 1.82) is 0 Å². The van der Waals surface area contributed by atoms with Crippen LogP contribution in [-0.4, -0.2) is 28.0 Å². The number of pyridine rings is 1. The molecule has 1 spiro atoms. The number of aromatic nitrogens is 1. The van der Waals surface area contributed by atoms with Gasteiger partial charge in [0.1, 0.15) is 0 Å². The van der Waals surface area contributed by atoms with Crippen molar-refractivity contribution < 1.29 is 0 Å². The van der Waals surface area contributed by atoms with Crippen molar-refractivity contribution in [3.8, 4) is 0 Å². The van der Waals surface area contributed by atoms with Gasteiger partial charge in [-0.05, 0) is 30.9 Å². The van der Waals surface area contributed by atoms with Crippen molar-refractivity contribution in [2.24, 2.45) is 4.99 Å². The minimum absolute atomic E-state index is 0.371. The summed E-state index contributed by atoms with van der Waals surface area (Å²) in [6, 6.07) is 4.10. The Morgan fingerprint density at radius 2 is 2.21 bits per heavy atom. The van der Waals surface area contributed by atoms with Gasteiger partial charge < -0.3 is 5.32 Å². The van der Waals surface area contributed by atoms with Crippen LogP contribution >= 0.6 is 11.8 Å². The van der Waals surface area contributed by atoms with Crippen molar-refractivity contribution in [3.05, 3.63) is 30.1 Å². The average molecular weight is 275 g/mol. The lowest BCUT2D eigenvalue weighted by Gasteiger charge is -2.32.